The number of aldehydes is 1. The Hall–Kier alpha value is -2.62. The Morgan fingerprint density at radius 3 is 2.67 bits per heavy atom. The number of nitrogens with one attached hydrogen (secondary N) is 1. The normalized spacial score (nSPS) is 11.5. The van der Waals surface area contributed by atoms with Crippen molar-refractivity contribution in [2.24, 2.45) is 0 Å². The van der Waals surface area contributed by atoms with Crippen LogP contribution < -0.4 is 10.1 Å². The number of carbonyl (C=O) groups excluding carboxylic acids is 2. The maximum atomic E-state index is 12.1. The standard InChI is InChI=1S/C17H17NO3/c1-12-5-3-7-15(9-12)18-17(20)13(2)21-16-8-4-6-14(10-16)11-19/h3-11,13H,1-2H3,(H,18,20)/t13-/m0/s1. The molecule has 4 heteroatoms. The van der Waals surface area contributed by atoms with E-state index in [1.807, 2.05) is 31.2 Å². The minimum absolute atomic E-state index is 0.239. The quantitative estimate of drug-likeness (QED) is 0.857. The summed E-state index contributed by atoms with van der Waals surface area (Å²) in [7, 11) is 0. The largest absolute Gasteiger partial charge is 0.481 e. The second kappa shape index (κ2) is 6.70. The molecule has 1 amide bonds. The van der Waals surface area contributed by atoms with Crippen molar-refractivity contribution >= 4 is 17.9 Å². The van der Waals surface area contributed by atoms with Gasteiger partial charge in [-0.2, -0.15) is 0 Å². The number of anilines is 1. The first-order chi connectivity index (χ1) is 10.1. The van der Waals surface area contributed by atoms with E-state index in [1.54, 1.807) is 31.2 Å². The molecule has 0 aromatic heterocycles. The molecular weight excluding hydrogens is 266 g/mol. The van der Waals surface area contributed by atoms with Crippen molar-refractivity contribution in [1.82, 2.24) is 0 Å². The highest BCUT2D eigenvalue weighted by molar-refractivity contribution is 5.94. The van der Waals surface area contributed by atoms with Gasteiger partial charge in [-0.3, -0.25) is 9.59 Å². The molecule has 4 nitrogen and oxygen atoms in total. The Kier molecular flexibility index (Phi) is 4.72. The van der Waals surface area contributed by atoms with Crippen LogP contribution in [0, 0.1) is 6.92 Å². The number of aryl methyl sites for hydroxylation is 1. The van der Waals surface area contributed by atoms with Crippen molar-refractivity contribution in [3.63, 3.8) is 0 Å². The Labute approximate surface area is 123 Å². The molecule has 2 rings (SSSR count). The van der Waals surface area contributed by atoms with Crippen molar-refractivity contribution in [3.05, 3.63) is 59.7 Å². The van der Waals surface area contributed by atoms with E-state index < -0.39 is 6.10 Å². The van der Waals surface area contributed by atoms with Gasteiger partial charge in [0, 0.05) is 11.3 Å². The van der Waals surface area contributed by atoms with Gasteiger partial charge in [0.15, 0.2) is 6.10 Å². The Morgan fingerprint density at radius 1 is 1.19 bits per heavy atom. The number of rotatable bonds is 5. The van der Waals surface area contributed by atoms with Gasteiger partial charge >= 0.3 is 0 Å². The van der Waals surface area contributed by atoms with Crippen molar-refractivity contribution in [3.8, 4) is 5.75 Å². The number of amides is 1. The summed E-state index contributed by atoms with van der Waals surface area (Å²) < 4.78 is 5.55. The van der Waals surface area contributed by atoms with Crippen molar-refractivity contribution in [1.29, 1.82) is 0 Å². The molecule has 21 heavy (non-hydrogen) atoms. The lowest BCUT2D eigenvalue weighted by molar-refractivity contribution is -0.122. The number of ether oxygens (including phenoxy) is 1. The zero-order valence-corrected chi connectivity index (χ0v) is 12.0. The molecule has 0 unspecified atom stereocenters. The highest BCUT2D eigenvalue weighted by atomic mass is 16.5. The number of benzene rings is 2. The fraction of sp³-hybridized carbons (Fsp3) is 0.176. The van der Waals surface area contributed by atoms with E-state index in [-0.39, 0.29) is 5.91 Å². The van der Waals surface area contributed by atoms with E-state index in [0.717, 1.165) is 17.5 Å². The Morgan fingerprint density at radius 2 is 1.95 bits per heavy atom. The van der Waals surface area contributed by atoms with E-state index in [1.165, 1.54) is 0 Å². The maximum absolute atomic E-state index is 12.1. The predicted molar refractivity (Wildman–Crippen MR) is 81.7 cm³/mol. The van der Waals surface area contributed by atoms with Gasteiger partial charge in [0.25, 0.3) is 5.91 Å². The van der Waals surface area contributed by atoms with E-state index in [2.05, 4.69) is 5.32 Å². The third kappa shape index (κ3) is 4.18. The molecule has 1 N–H and O–H groups in total. The number of hydrogen-bond acceptors (Lipinski definition) is 3. The molecule has 0 fully saturated rings. The first-order valence-corrected chi connectivity index (χ1v) is 6.68. The highest BCUT2D eigenvalue weighted by Gasteiger charge is 2.15. The molecule has 0 saturated heterocycles. The zero-order valence-electron chi connectivity index (χ0n) is 12.0. The second-order valence-corrected chi connectivity index (χ2v) is 4.81. The van der Waals surface area contributed by atoms with Crippen LogP contribution in [0.3, 0.4) is 0 Å². The predicted octanol–water partition coefficient (Wildman–Crippen LogP) is 3.21. The smallest absolute Gasteiger partial charge is 0.265 e. The van der Waals surface area contributed by atoms with Gasteiger partial charge in [-0.25, -0.2) is 0 Å². The average molecular weight is 283 g/mol. The molecule has 0 spiro atoms. The Balaban J connectivity index is 2.00. The fourth-order valence-electron chi connectivity index (χ4n) is 1.89. The lowest BCUT2D eigenvalue weighted by atomic mass is 10.2. The lowest BCUT2D eigenvalue weighted by Crippen LogP contribution is -2.30. The lowest BCUT2D eigenvalue weighted by Gasteiger charge is -2.15. The molecule has 1 atom stereocenters. The van der Waals surface area contributed by atoms with Crippen LogP contribution in [0.1, 0.15) is 22.8 Å². The van der Waals surface area contributed by atoms with Crippen LogP contribution in [-0.2, 0) is 4.79 Å². The van der Waals surface area contributed by atoms with Crippen LogP contribution >= 0.6 is 0 Å². The van der Waals surface area contributed by atoms with Crippen LogP contribution in [-0.4, -0.2) is 18.3 Å². The molecule has 0 aliphatic carbocycles. The van der Waals surface area contributed by atoms with Crippen LogP contribution in [0.25, 0.3) is 0 Å². The third-order valence-corrected chi connectivity index (χ3v) is 2.96. The maximum Gasteiger partial charge on any atom is 0.265 e. The summed E-state index contributed by atoms with van der Waals surface area (Å²) in [5, 5.41) is 2.80. The summed E-state index contributed by atoms with van der Waals surface area (Å²) in [5.74, 6) is 0.253. The molecule has 0 bridgehead atoms. The van der Waals surface area contributed by atoms with Gasteiger partial charge in [-0.1, -0.05) is 24.3 Å². The van der Waals surface area contributed by atoms with Crippen LogP contribution in [0.5, 0.6) is 5.75 Å². The number of hydrogen-bond donors (Lipinski definition) is 1. The fourth-order valence-corrected chi connectivity index (χ4v) is 1.89. The first-order valence-electron chi connectivity index (χ1n) is 6.68. The van der Waals surface area contributed by atoms with Gasteiger partial charge in [0.1, 0.15) is 12.0 Å². The molecule has 0 aliphatic rings. The zero-order chi connectivity index (χ0) is 15.2. The summed E-state index contributed by atoms with van der Waals surface area (Å²) in [6.07, 6.45) is 0.0806. The van der Waals surface area contributed by atoms with Crippen molar-refractivity contribution < 1.29 is 14.3 Å². The minimum atomic E-state index is -0.660. The van der Waals surface area contributed by atoms with Gasteiger partial charge in [0.2, 0.25) is 0 Å². The monoisotopic (exact) mass is 283 g/mol. The van der Waals surface area contributed by atoms with Gasteiger partial charge < -0.3 is 10.1 Å². The van der Waals surface area contributed by atoms with Crippen LogP contribution in [0.15, 0.2) is 48.5 Å². The molecule has 0 aliphatic heterocycles. The van der Waals surface area contributed by atoms with Crippen LogP contribution in [0.4, 0.5) is 5.69 Å². The first kappa shape index (κ1) is 14.8. The Bertz CT molecular complexity index is 652. The molecule has 2 aromatic carbocycles. The second-order valence-electron chi connectivity index (χ2n) is 4.81. The molecule has 2 aromatic rings. The summed E-state index contributed by atoms with van der Waals surface area (Å²) in [6, 6.07) is 14.3. The molecule has 108 valence electrons. The summed E-state index contributed by atoms with van der Waals surface area (Å²) in [6.45, 7) is 3.62. The van der Waals surface area contributed by atoms with Gasteiger partial charge in [-0.05, 0) is 43.7 Å². The third-order valence-electron chi connectivity index (χ3n) is 2.96. The van der Waals surface area contributed by atoms with Crippen molar-refractivity contribution in [2.75, 3.05) is 5.32 Å². The topological polar surface area (TPSA) is 55.4 Å². The molecular formula is C17H17NO3. The number of carbonyl (C=O) groups is 2. The minimum Gasteiger partial charge on any atom is -0.481 e. The van der Waals surface area contributed by atoms with E-state index in [9.17, 15) is 9.59 Å². The van der Waals surface area contributed by atoms with E-state index in [0.29, 0.717) is 11.3 Å². The molecule has 0 saturated carbocycles. The molecule has 0 heterocycles. The van der Waals surface area contributed by atoms with E-state index >= 15 is 0 Å². The van der Waals surface area contributed by atoms with E-state index in [4.69, 9.17) is 4.74 Å². The summed E-state index contributed by atoms with van der Waals surface area (Å²) >= 11 is 0. The summed E-state index contributed by atoms with van der Waals surface area (Å²) in [5.41, 5.74) is 2.32. The van der Waals surface area contributed by atoms with Gasteiger partial charge in [0.05, 0.1) is 0 Å². The SMILES string of the molecule is Cc1cccc(NC(=O)[C@H](C)Oc2cccc(C=O)c2)c1. The van der Waals surface area contributed by atoms with Crippen molar-refractivity contribution in [2.45, 2.75) is 20.0 Å². The molecule has 0 radical (unpaired) electrons. The van der Waals surface area contributed by atoms with Crippen LogP contribution in [0.2, 0.25) is 0 Å². The average Bonchev–Trinajstić information content (AvgIpc) is 2.47. The van der Waals surface area contributed by atoms with Gasteiger partial charge in [-0.15, -0.1) is 0 Å². The highest BCUT2D eigenvalue weighted by Crippen LogP contribution is 2.15. The summed E-state index contributed by atoms with van der Waals surface area (Å²) in [4.78, 5) is 22.8.